The maximum absolute atomic E-state index is 12.6. The van der Waals surface area contributed by atoms with Crippen LogP contribution in [0.3, 0.4) is 0 Å². The first-order chi connectivity index (χ1) is 10.6. The van der Waals surface area contributed by atoms with Crippen molar-refractivity contribution in [1.29, 1.82) is 0 Å². The van der Waals surface area contributed by atoms with E-state index in [9.17, 15) is 4.79 Å². The van der Waals surface area contributed by atoms with Crippen LogP contribution >= 0.6 is 0 Å². The normalized spacial score (nSPS) is 18.3. The van der Waals surface area contributed by atoms with Crippen LogP contribution in [-0.4, -0.2) is 45.1 Å². The molecule has 1 saturated heterocycles. The summed E-state index contributed by atoms with van der Waals surface area (Å²) in [5.74, 6) is 1.04. The van der Waals surface area contributed by atoms with Gasteiger partial charge in [0.1, 0.15) is 23.8 Å². The van der Waals surface area contributed by atoms with Gasteiger partial charge in [-0.2, -0.15) is 0 Å². The number of rotatable bonds is 3. The minimum atomic E-state index is -0.0620. The lowest BCUT2D eigenvalue weighted by molar-refractivity contribution is 0.0525. The first kappa shape index (κ1) is 14.5. The summed E-state index contributed by atoms with van der Waals surface area (Å²) < 4.78 is 10.9. The van der Waals surface area contributed by atoms with E-state index in [1.807, 2.05) is 0 Å². The smallest absolute Gasteiger partial charge is 0.259 e. The summed E-state index contributed by atoms with van der Waals surface area (Å²) >= 11 is 0. The van der Waals surface area contributed by atoms with Gasteiger partial charge in [-0.1, -0.05) is 5.16 Å². The zero-order valence-corrected chi connectivity index (χ0v) is 12.7. The molecule has 1 aliphatic rings. The lowest BCUT2D eigenvalue weighted by atomic mass is 10.1. The molecule has 1 aliphatic heterocycles. The number of amides is 1. The molecule has 0 aliphatic carbocycles. The standard InChI is InChI=1S/C15H18N4O3/c1-10-14(11(2)22-18-10)15(20)19-7-3-4-12(8-19)21-13-5-6-16-9-17-13/h5-6,9,12H,3-4,7-8H2,1-2H3. The Kier molecular flexibility index (Phi) is 4.04. The van der Waals surface area contributed by atoms with E-state index < -0.39 is 0 Å². The molecule has 0 spiro atoms. The van der Waals surface area contributed by atoms with E-state index in [1.54, 1.807) is 31.0 Å². The number of carbonyl (C=O) groups is 1. The van der Waals surface area contributed by atoms with E-state index in [1.165, 1.54) is 6.33 Å². The first-order valence-electron chi connectivity index (χ1n) is 7.30. The Balaban J connectivity index is 1.69. The second kappa shape index (κ2) is 6.13. The van der Waals surface area contributed by atoms with Gasteiger partial charge in [0.05, 0.1) is 12.2 Å². The summed E-state index contributed by atoms with van der Waals surface area (Å²) in [6.07, 6.45) is 4.82. The maximum atomic E-state index is 12.6. The molecule has 7 nitrogen and oxygen atoms in total. The predicted octanol–water partition coefficient (Wildman–Crippen LogP) is 1.77. The number of aromatic nitrogens is 3. The molecule has 1 fully saturated rings. The minimum Gasteiger partial charge on any atom is -0.472 e. The third-order valence-electron chi connectivity index (χ3n) is 3.75. The molecule has 0 aromatic carbocycles. The van der Waals surface area contributed by atoms with Crippen molar-refractivity contribution in [1.82, 2.24) is 20.0 Å². The van der Waals surface area contributed by atoms with Crippen LogP contribution in [0.2, 0.25) is 0 Å². The highest BCUT2D eigenvalue weighted by Gasteiger charge is 2.29. The molecule has 22 heavy (non-hydrogen) atoms. The summed E-state index contributed by atoms with van der Waals surface area (Å²) in [6.45, 7) is 4.79. The van der Waals surface area contributed by atoms with Crippen molar-refractivity contribution in [2.75, 3.05) is 13.1 Å². The van der Waals surface area contributed by atoms with Crippen molar-refractivity contribution in [3.05, 3.63) is 35.6 Å². The van der Waals surface area contributed by atoms with E-state index >= 15 is 0 Å². The zero-order valence-electron chi connectivity index (χ0n) is 12.7. The van der Waals surface area contributed by atoms with Crippen molar-refractivity contribution >= 4 is 5.91 Å². The zero-order chi connectivity index (χ0) is 15.5. The fourth-order valence-corrected chi connectivity index (χ4v) is 2.68. The quantitative estimate of drug-likeness (QED) is 0.859. The summed E-state index contributed by atoms with van der Waals surface area (Å²) in [6, 6.07) is 1.72. The van der Waals surface area contributed by atoms with Crippen molar-refractivity contribution in [3.63, 3.8) is 0 Å². The average molecular weight is 302 g/mol. The van der Waals surface area contributed by atoms with Crippen LogP contribution in [-0.2, 0) is 0 Å². The molecule has 3 rings (SSSR count). The first-order valence-corrected chi connectivity index (χ1v) is 7.30. The van der Waals surface area contributed by atoms with Gasteiger partial charge in [-0.05, 0) is 26.7 Å². The van der Waals surface area contributed by atoms with Crippen LogP contribution < -0.4 is 4.74 Å². The average Bonchev–Trinajstić information content (AvgIpc) is 2.87. The van der Waals surface area contributed by atoms with Crippen LogP contribution in [0.15, 0.2) is 23.1 Å². The number of likely N-dealkylation sites (tertiary alicyclic amines) is 1. The largest absolute Gasteiger partial charge is 0.472 e. The topological polar surface area (TPSA) is 81.4 Å². The Labute approximate surface area is 128 Å². The number of nitrogens with zero attached hydrogens (tertiary/aromatic N) is 4. The van der Waals surface area contributed by atoms with Crippen LogP contribution in [0.25, 0.3) is 0 Å². The summed E-state index contributed by atoms with van der Waals surface area (Å²) in [5.41, 5.74) is 1.18. The van der Waals surface area contributed by atoms with Crippen molar-refractivity contribution < 1.29 is 14.1 Å². The lowest BCUT2D eigenvalue weighted by Crippen LogP contribution is -2.44. The molecule has 2 aromatic rings. The predicted molar refractivity (Wildman–Crippen MR) is 77.6 cm³/mol. The monoisotopic (exact) mass is 302 g/mol. The van der Waals surface area contributed by atoms with Gasteiger partial charge >= 0.3 is 0 Å². The van der Waals surface area contributed by atoms with E-state index in [0.29, 0.717) is 36.0 Å². The van der Waals surface area contributed by atoms with Gasteiger partial charge in [-0.3, -0.25) is 4.79 Å². The molecule has 1 amide bonds. The Bertz CT molecular complexity index is 637. The van der Waals surface area contributed by atoms with Gasteiger partial charge in [-0.25, -0.2) is 9.97 Å². The fourth-order valence-electron chi connectivity index (χ4n) is 2.68. The molecule has 1 unspecified atom stereocenters. The van der Waals surface area contributed by atoms with Gasteiger partial charge in [0, 0.05) is 18.8 Å². The number of aryl methyl sites for hydroxylation is 2. The molecule has 0 saturated carbocycles. The van der Waals surface area contributed by atoms with Gasteiger partial charge in [0.15, 0.2) is 0 Å². The summed E-state index contributed by atoms with van der Waals surface area (Å²) in [4.78, 5) is 22.4. The van der Waals surface area contributed by atoms with E-state index in [2.05, 4.69) is 15.1 Å². The number of hydrogen-bond donors (Lipinski definition) is 0. The molecule has 0 radical (unpaired) electrons. The number of hydrogen-bond acceptors (Lipinski definition) is 6. The Hall–Kier alpha value is -2.44. The molecule has 7 heteroatoms. The third kappa shape index (κ3) is 2.93. The lowest BCUT2D eigenvalue weighted by Gasteiger charge is -2.32. The molecule has 3 heterocycles. The molecule has 2 aromatic heterocycles. The van der Waals surface area contributed by atoms with Gasteiger partial charge < -0.3 is 14.2 Å². The molecule has 0 bridgehead atoms. The van der Waals surface area contributed by atoms with Crippen LogP contribution in [0, 0.1) is 13.8 Å². The highest BCUT2D eigenvalue weighted by molar-refractivity contribution is 5.96. The van der Waals surface area contributed by atoms with Gasteiger partial charge in [0.25, 0.3) is 5.91 Å². The summed E-state index contributed by atoms with van der Waals surface area (Å²) in [5, 5.41) is 3.85. The Morgan fingerprint density at radius 3 is 3.00 bits per heavy atom. The highest BCUT2D eigenvalue weighted by Crippen LogP contribution is 2.20. The number of carbonyl (C=O) groups excluding carboxylic acids is 1. The molecule has 1 atom stereocenters. The SMILES string of the molecule is Cc1noc(C)c1C(=O)N1CCCC(Oc2ccncn2)C1. The van der Waals surface area contributed by atoms with Crippen molar-refractivity contribution in [2.45, 2.75) is 32.8 Å². The molecular formula is C15H18N4O3. The minimum absolute atomic E-state index is 0.0489. The number of ether oxygens (including phenoxy) is 1. The number of piperidine rings is 1. The second-order valence-electron chi connectivity index (χ2n) is 5.38. The van der Waals surface area contributed by atoms with E-state index in [4.69, 9.17) is 9.26 Å². The fraction of sp³-hybridized carbons (Fsp3) is 0.467. The van der Waals surface area contributed by atoms with Crippen LogP contribution in [0.4, 0.5) is 0 Å². The summed E-state index contributed by atoms with van der Waals surface area (Å²) in [7, 11) is 0. The molecular weight excluding hydrogens is 284 g/mol. The third-order valence-corrected chi connectivity index (χ3v) is 3.75. The highest BCUT2D eigenvalue weighted by atomic mass is 16.5. The van der Waals surface area contributed by atoms with E-state index in [0.717, 1.165) is 12.8 Å². The Morgan fingerprint density at radius 2 is 2.32 bits per heavy atom. The van der Waals surface area contributed by atoms with Crippen molar-refractivity contribution in [3.8, 4) is 5.88 Å². The van der Waals surface area contributed by atoms with Gasteiger partial charge in [0.2, 0.25) is 5.88 Å². The second-order valence-corrected chi connectivity index (χ2v) is 5.38. The Morgan fingerprint density at radius 1 is 1.45 bits per heavy atom. The van der Waals surface area contributed by atoms with E-state index in [-0.39, 0.29) is 12.0 Å². The van der Waals surface area contributed by atoms with Crippen LogP contribution in [0.1, 0.15) is 34.7 Å². The van der Waals surface area contributed by atoms with Gasteiger partial charge in [-0.15, -0.1) is 0 Å². The molecule has 0 N–H and O–H groups in total. The maximum Gasteiger partial charge on any atom is 0.259 e. The van der Waals surface area contributed by atoms with Crippen molar-refractivity contribution in [2.24, 2.45) is 0 Å². The molecule has 116 valence electrons. The van der Waals surface area contributed by atoms with Crippen LogP contribution in [0.5, 0.6) is 5.88 Å².